The van der Waals surface area contributed by atoms with Crippen LogP contribution >= 0.6 is 0 Å². The van der Waals surface area contributed by atoms with Crippen LogP contribution in [0.2, 0.25) is 0 Å². The van der Waals surface area contributed by atoms with Crippen LogP contribution in [0, 0.1) is 23.7 Å². The molecule has 132 valence electrons. The van der Waals surface area contributed by atoms with E-state index in [-0.39, 0.29) is 0 Å². The number of halogens is 3. The second-order valence-corrected chi connectivity index (χ2v) is 7.46. The van der Waals surface area contributed by atoms with Crippen molar-refractivity contribution in [3.63, 3.8) is 0 Å². The van der Waals surface area contributed by atoms with E-state index in [0.29, 0.717) is 18.8 Å². The summed E-state index contributed by atoms with van der Waals surface area (Å²) >= 11 is 0. The van der Waals surface area contributed by atoms with Crippen molar-refractivity contribution in [3.05, 3.63) is 24.1 Å². The Kier molecular flexibility index (Phi) is 7.72. The molecule has 2 saturated carbocycles. The zero-order chi connectivity index (χ0) is 16.7. The second-order valence-electron chi connectivity index (χ2n) is 7.46. The molecule has 0 unspecified atom stereocenters. The van der Waals surface area contributed by atoms with Crippen molar-refractivity contribution in [2.75, 3.05) is 0 Å². The van der Waals surface area contributed by atoms with Crippen LogP contribution in [-0.4, -0.2) is 0 Å². The van der Waals surface area contributed by atoms with Crippen LogP contribution in [0.3, 0.4) is 0 Å². The maximum absolute atomic E-state index is 13.3. The van der Waals surface area contributed by atoms with Crippen molar-refractivity contribution in [1.82, 2.24) is 0 Å². The molecule has 0 aromatic rings. The van der Waals surface area contributed by atoms with Crippen molar-refractivity contribution >= 4 is 0 Å². The molecule has 0 amide bonds. The lowest BCUT2D eigenvalue weighted by Crippen LogP contribution is -2.26. The third-order valence-electron chi connectivity index (χ3n) is 6.01. The predicted octanol–water partition coefficient (Wildman–Crippen LogP) is 7.42. The highest BCUT2D eigenvalue weighted by Gasteiger charge is 2.32. The summed E-state index contributed by atoms with van der Waals surface area (Å²) in [7, 11) is 0. The second kappa shape index (κ2) is 9.54. The minimum atomic E-state index is -2.11. The maximum Gasteiger partial charge on any atom is 0.301 e. The van der Waals surface area contributed by atoms with Crippen molar-refractivity contribution in [3.8, 4) is 0 Å². The van der Waals surface area contributed by atoms with Crippen LogP contribution in [-0.2, 0) is 0 Å². The fourth-order valence-electron chi connectivity index (χ4n) is 4.56. The smallest absolute Gasteiger partial charge is 0.206 e. The van der Waals surface area contributed by atoms with Crippen molar-refractivity contribution in [2.45, 2.75) is 77.6 Å². The molecule has 0 N–H and O–H groups in total. The first kappa shape index (κ1) is 18.6. The fraction of sp³-hybridized carbons (Fsp3) is 0.800. The average Bonchev–Trinajstić information content (AvgIpc) is 2.59. The Bertz CT molecular complexity index is 393. The molecule has 2 aliphatic rings. The van der Waals surface area contributed by atoms with Gasteiger partial charge < -0.3 is 0 Å². The molecular weight excluding hydrogens is 297 g/mol. The van der Waals surface area contributed by atoms with Gasteiger partial charge in [-0.15, -0.1) is 0 Å². The molecule has 0 heterocycles. The maximum atomic E-state index is 13.3. The van der Waals surface area contributed by atoms with Crippen LogP contribution in [0.5, 0.6) is 0 Å². The van der Waals surface area contributed by atoms with Gasteiger partial charge in [-0.2, -0.15) is 8.78 Å². The zero-order valence-corrected chi connectivity index (χ0v) is 14.4. The number of hydrogen-bond acceptors (Lipinski definition) is 0. The molecule has 0 aliphatic heterocycles. The summed E-state index contributed by atoms with van der Waals surface area (Å²) in [5.74, 6) is 0.596. The van der Waals surface area contributed by atoms with E-state index < -0.39 is 17.8 Å². The first-order valence-corrected chi connectivity index (χ1v) is 9.47. The molecule has 0 radical (unpaired) electrons. The van der Waals surface area contributed by atoms with E-state index in [1.807, 2.05) is 0 Å². The molecule has 0 atom stereocenters. The fourth-order valence-corrected chi connectivity index (χ4v) is 4.56. The molecule has 0 aromatic carbocycles. The summed E-state index contributed by atoms with van der Waals surface area (Å²) in [6, 6.07) is 0. The van der Waals surface area contributed by atoms with Crippen LogP contribution in [0.25, 0.3) is 0 Å². The topological polar surface area (TPSA) is 0 Å². The van der Waals surface area contributed by atoms with Gasteiger partial charge in [0.2, 0.25) is 0 Å². The molecule has 0 aromatic heterocycles. The Labute approximate surface area is 139 Å². The van der Waals surface area contributed by atoms with E-state index in [1.54, 1.807) is 0 Å². The highest BCUT2D eigenvalue weighted by molar-refractivity contribution is 5.00. The van der Waals surface area contributed by atoms with E-state index in [2.05, 4.69) is 19.1 Å². The quantitative estimate of drug-likeness (QED) is 0.445. The largest absolute Gasteiger partial charge is 0.301 e. The molecular formula is C20H31F3. The molecule has 2 fully saturated rings. The van der Waals surface area contributed by atoms with Crippen molar-refractivity contribution < 1.29 is 13.2 Å². The van der Waals surface area contributed by atoms with E-state index in [4.69, 9.17) is 0 Å². The van der Waals surface area contributed by atoms with E-state index >= 15 is 0 Å². The monoisotopic (exact) mass is 328 g/mol. The van der Waals surface area contributed by atoms with E-state index in [1.165, 1.54) is 38.5 Å². The van der Waals surface area contributed by atoms with Crippen LogP contribution in [0.15, 0.2) is 24.1 Å². The van der Waals surface area contributed by atoms with E-state index in [9.17, 15) is 13.2 Å². The summed E-state index contributed by atoms with van der Waals surface area (Å²) < 4.78 is 38.0. The predicted molar refractivity (Wildman–Crippen MR) is 89.9 cm³/mol. The third-order valence-corrected chi connectivity index (χ3v) is 6.01. The van der Waals surface area contributed by atoms with Gasteiger partial charge in [0.05, 0.1) is 0 Å². The zero-order valence-electron chi connectivity index (χ0n) is 14.4. The van der Waals surface area contributed by atoms with Crippen LogP contribution in [0.1, 0.15) is 77.6 Å². The van der Waals surface area contributed by atoms with Crippen LogP contribution in [0.4, 0.5) is 13.2 Å². The van der Waals surface area contributed by atoms with E-state index in [0.717, 1.165) is 31.1 Å². The van der Waals surface area contributed by atoms with Gasteiger partial charge in [-0.05, 0) is 75.5 Å². The standard InChI is InChI=1S/C20H31F3/c1-2-3-4-5-6-15-7-9-16(10-8-15)17-11-13-18(14-12-17)19(21)20(22)23/h3-4,15-18H,2,5-14H2,1H3/b4-3+. The summed E-state index contributed by atoms with van der Waals surface area (Å²) in [5, 5.41) is 0. The minimum Gasteiger partial charge on any atom is -0.206 e. The molecule has 0 saturated heterocycles. The number of hydrogen-bond donors (Lipinski definition) is 0. The Morgan fingerprint density at radius 1 is 0.826 bits per heavy atom. The number of rotatable bonds is 6. The summed E-state index contributed by atoms with van der Waals surface area (Å²) in [5.41, 5.74) is 0. The lowest BCUT2D eigenvalue weighted by Gasteiger charge is -2.37. The third kappa shape index (κ3) is 5.69. The summed E-state index contributed by atoms with van der Waals surface area (Å²) in [6.07, 6.45) is 14.4. The molecule has 0 spiro atoms. The van der Waals surface area contributed by atoms with Crippen molar-refractivity contribution in [1.29, 1.82) is 0 Å². The Morgan fingerprint density at radius 3 is 1.91 bits per heavy atom. The van der Waals surface area contributed by atoms with Gasteiger partial charge in [0.15, 0.2) is 5.83 Å². The molecule has 2 rings (SSSR count). The Balaban J connectivity index is 1.69. The first-order chi connectivity index (χ1) is 11.1. The number of allylic oxidation sites excluding steroid dienone is 3. The van der Waals surface area contributed by atoms with Crippen molar-refractivity contribution in [2.24, 2.45) is 23.7 Å². The molecule has 3 heteroatoms. The minimum absolute atomic E-state index is 0.516. The van der Waals surface area contributed by atoms with Crippen LogP contribution < -0.4 is 0 Å². The SMILES string of the molecule is CC/C=C/CCC1CCC(C2CCC(C(F)=C(F)F)CC2)CC1. The summed E-state index contributed by atoms with van der Waals surface area (Å²) in [4.78, 5) is 0. The first-order valence-electron chi connectivity index (χ1n) is 9.47. The lowest BCUT2D eigenvalue weighted by atomic mass is 9.68. The molecule has 0 nitrogen and oxygen atoms in total. The Morgan fingerprint density at radius 2 is 1.39 bits per heavy atom. The van der Waals surface area contributed by atoms with Gasteiger partial charge in [-0.3, -0.25) is 0 Å². The average molecular weight is 328 g/mol. The molecule has 0 bridgehead atoms. The normalized spacial score (nSPS) is 32.2. The molecule has 23 heavy (non-hydrogen) atoms. The van der Waals surface area contributed by atoms with Gasteiger partial charge in [-0.25, -0.2) is 4.39 Å². The van der Waals surface area contributed by atoms with Gasteiger partial charge in [-0.1, -0.05) is 31.9 Å². The Hall–Kier alpha value is -0.730. The van der Waals surface area contributed by atoms with Gasteiger partial charge in [0, 0.05) is 5.92 Å². The molecule has 2 aliphatic carbocycles. The highest BCUT2D eigenvalue weighted by Crippen LogP contribution is 2.44. The van der Waals surface area contributed by atoms with Gasteiger partial charge >= 0.3 is 6.08 Å². The van der Waals surface area contributed by atoms with Gasteiger partial charge in [0.25, 0.3) is 0 Å². The lowest BCUT2D eigenvalue weighted by molar-refractivity contribution is 0.143. The summed E-state index contributed by atoms with van der Waals surface area (Å²) in [6.45, 7) is 2.17. The van der Waals surface area contributed by atoms with Gasteiger partial charge in [0.1, 0.15) is 0 Å². The highest BCUT2D eigenvalue weighted by atomic mass is 19.3.